The molecule has 3 aromatic rings. The summed E-state index contributed by atoms with van der Waals surface area (Å²) in [5.74, 6) is -0.920. The Morgan fingerprint density at radius 3 is 2.50 bits per heavy atom. The third-order valence-electron chi connectivity index (χ3n) is 4.33. The Hall–Kier alpha value is -2.61. The first-order valence-corrected chi connectivity index (χ1v) is 10.6. The molecule has 2 N–H and O–H groups in total. The summed E-state index contributed by atoms with van der Waals surface area (Å²) >= 11 is 13.3. The Morgan fingerprint density at radius 2 is 1.87 bits per heavy atom. The zero-order valence-corrected chi connectivity index (χ0v) is 18.4. The molecule has 6 nitrogen and oxygen atoms in total. The minimum atomic E-state index is -0.590. The van der Waals surface area contributed by atoms with E-state index in [1.54, 1.807) is 18.2 Å². The van der Waals surface area contributed by atoms with Gasteiger partial charge in [-0.25, -0.2) is 4.98 Å². The van der Waals surface area contributed by atoms with Crippen LogP contribution in [0.15, 0.2) is 48.5 Å². The van der Waals surface area contributed by atoms with Gasteiger partial charge in [0.15, 0.2) is 5.13 Å². The first-order chi connectivity index (χ1) is 14.4. The number of primary amides is 1. The van der Waals surface area contributed by atoms with Gasteiger partial charge in [0.05, 0.1) is 29.3 Å². The van der Waals surface area contributed by atoms with Crippen molar-refractivity contribution >= 4 is 51.5 Å². The van der Waals surface area contributed by atoms with Crippen LogP contribution in [0.5, 0.6) is 0 Å². The molecule has 0 fully saturated rings. The van der Waals surface area contributed by atoms with E-state index in [9.17, 15) is 9.59 Å². The molecule has 9 heteroatoms. The third kappa shape index (κ3) is 5.30. The molecule has 0 aliphatic rings. The Labute approximate surface area is 188 Å². The minimum absolute atomic E-state index is 0.178. The molecule has 0 saturated carbocycles. The predicted octanol–water partition coefficient (Wildman–Crippen LogP) is 4.79. The number of hydrogen-bond donors (Lipinski definition) is 1. The number of carbonyl (C=O) groups excluding carboxylic acids is 2. The van der Waals surface area contributed by atoms with E-state index < -0.39 is 5.91 Å². The van der Waals surface area contributed by atoms with Gasteiger partial charge < -0.3 is 15.4 Å². The number of aromatic nitrogens is 1. The lowest BCUT2D eigenvalue weighted by Gasteiger charge is -2.21. The highest BCUT2D eigenvalue weighted by atomic mass is 35.5. The number of nitrogens with zero attached hydrogens (tertiary/aromatic N) is 2. The van der Waals surface area contributed by atoms with Crippen molar-refractivity contribution in [3.8, 4) is 11.3 Å². The molecule has 0 aliphatic carbocycles. The van der Waals surface area contributed by atoms with Crippen molar-refractivity contribution in [2.75, 3.05) is 18.6 Å². The van der Waals surface area contributed by atoms with Gasteiger partial charge in [0.25, 0.3) is 5.91 Å². The average molecular weight is 464 g/mol. The van der Waals surface area contributed by atoms with Crippen molar-refractivity contribution in [3.63, 3.8) is 0 Å². The van der Waals surface area contributed by atoms with Gasteiger partial charge in [-0.15, -0.1) is 0 Å². The minimum Gasteiger partial charge on any atom is -0.469 e. The average Bonchev–Trinajstić information content (AvgIpc) is 3.19. The van der Waals surface area contributed by atoms with E-state index in [0.717, 1.165) is 5.56 Å². The lowest BCUT2D eigenvalue weighted by Crippen LogP contribution is -2.26. The van der Waals surface area contributed by atoms with Crippen molar-refractivity contribution in [1.29, 1.82) is 0 Å². The molecule has 0 atom stereocenters. The largest absolute Gasteiger partial charge is 0.469 e. The standard InChI is InChI=1S/C21H19Cl2N3O3S/c1-29-17(27)9-10-26(12-13-5-3-2-4-6-13)21-25-18(19(30-21)20(24)28)14-7-8-15(22)16(23)11-14/h2-8,11H,9-10,12H2,1H3,(H2,24,28). The molecular formula is C21H19Cl2N3O3S. The molecule has 0 radical (unpaired) electrons. The normalized spacial score (nSPS) is 10.6. The molecule has 30 heavy (non-hydrogen) atoms. The van der Waals surface area contributed by atoms with Crippen molar-refractivity contribution in [1.82, 2.24) is 4.98 Å². The summed E-state index contributed by atoms with van der Waals surface area (Å²) in [5, 5.41) is 1.32. The number of amides is 1. The van der Waals surface area contributed by atoms with Crippen LogP contribution in [0.3, 0.4) is 0 Å². The zero-order valence-electron chi connectivity index (χ0n) is 16.1. The van der Waals surface area contributed by atoms with E-state index in [2.05, 4.69) is 4.98 Å². The van der Waals surface area contributed by atoms with Crippen molar-refractivity contribution < 1.29 is 14.3 Å². The van der Waals surface area contributed by atoms with Crippen LogP contribution in [0.25, 0.3) is 11.3 Å². The first-order valence-electron chi connectivity index (χ1n) is 9.00. The van der Waals surface area contributed by atoms with Crippen LogP contribution in [-0.4, -0.2) is 30.5 Å². The fraction of sp³-hybridized carbons (Fsp3) is 0.190. The molecule has 0 aliphatic heterocycles. The molecule has 0 spiro atoms. The molecular weight excluding hydrogens is 445 g/mol. The number of esters is 1. The maximum absolute atomic E-state index is 12.1. The molecule has 0 unspecified atom stereocenters. The maximum Gasteiger partial charge on any atom is 0.307 e. The highest BCUT2D eigenvalue weighted by Crippen LogP contribution is 2.36. The lowest BCUT2D eigenvalue weighted by molar-refractivity contribution is -0.140. The highest BCUT2D eigenvalue weighted by Gasteiger charge is 2.22. The molecule has 1 amide bonds. The molecule has 1 aromatic heterocycles. The summed E-state index contributed by atoms with van der Waals surface area (Å²) in [7, 11) is 1.35. The van der Waals surface area contributed by atoms with E-state index in [1.165, 1.54) is 18.4 Å². The number of hydrogen-bond acceptors (Lipinski definition) is 6. The van der Waals surface area contributed by atoms with Gasteiger partial charge in [-0.2, -0.15) is 0 Å². The van der Waals surface area contributed by atoms with Crippen LogP contribution in [0, 0.1) is 0 Å². The van der Waals surface area contributed by atoms with Gasteiger partial charge in [0.2, 0.25) is 0 Å². The summed E-state index contributed by atoms with van der Waals surface area (Å²) in [6.07, 6.45) is 0.178. The second kappa shape index (κ2) is 9.93. The molecule has 0 bridgehead atoms. The Balaban J connectivity index is 2.00. The van der Waals surface area contributed by atoms with Crippen molar-refractivity contribution in [2.45, 2.75) is 13.0 Å². The number of rotatable bonds is 8. The number of anilines is 1. The number of thiazole rings is 1. The summed E-state index contributed by atoms with van der Waals surface area (Å²) in [4.78, 5) is 30.7. The van der Waals surface area contributed by atoms with Crippen LogP contribution in [0.1, 0.15) is 21.7 Å². The molecule has 2 aromatic carbocycles. The van der Waals surface area contributed by atoms with Crippen LogP contribution >= 0.6 is 34.5 Å². The Kier molecular flexibility index (Phi) is 7.31. The van der Waals surface area contributed by atoms with Crippen LogP contribution in [0.4, 0.5) is 5.13 Å². The molecule has 3 rings (SSSR count). The Morgan fingerprint density at radius 1 is 1.13 bits per heavy atom. The Bertz CT molecular complexity index is 1060. The van der Waals surface area contributed by atoms with Gasteiger partial charge in [0, 0.05) is 18.7 Å². The smallest absolute Gasteiger partial charge is 0.307 e. The maximum atomic E-state index is 12.1. The van der Waals surface area contributed by atoms with E-state index >= 15 is 0 Å². The fourth-order valence-corrected chi connectivity index (χ4v) is 4.09. The van der Waals surface area contributed by atoms with Gasteiger partial charge in [-0.1, -0.05) is 70.9 Å². The number of benzene rings is 2. The second-order valence-electron chi connectivity index (χ2n) is 6.40. The molecule has 156 valence electrons. The lowest BCUT2D eigenvalue weighted by atomic mass is 10.1. The van der Waals surface area contributed by atoms with Crippen molar-refractivity contribution in [2.24, 2.45) is 5.73 Å². The zero-order chi connectivity index (χ0) is 21.7. The number of methoxy groups -OCH3 is 1. The van der Waals surface area contributed by atoms with Crippen molar-refractivity contribution in [3.05, 3.63) is 69.0 Å². The number of halogens is 2. The second-order valence-corrected chi connectivity index (χ2v) is 8.19. The monoisotopic (exact) mass is 463 g/mol. The van der Waals surface area contributed by atoms with Crippen LogP contribution in [-0.2, 0) is 16.1 Å². The number of nitrogens with two attached hydrogens (primary N) is 1. The quantitative estimate of drug-likeness (QED) is 0.485. The number of carbonyl (C=O) groups is 2. The van der Waals surface area contributed by atoms with E-state index in [-0.39, 0.29) is 12.4 Å². The topological polar surface area (TPSA) is 85.5 Å². The van der Waals surface area contributed by atoms with E-state index in [0.29, 0.717) is 44.4 Å². The van der Waals surface area contributed by atoms with Gasteiger partial charge in [-0.05, 0) is 17.7 Å². The van der Waals surface area contributed by atoms with E-state index in [4.69, 9.17) is 33.7 Å². The van der Waals surface area contributed by atoms with Gasteiger partial charge >= 0.3 is 5.97 Å². The molecule has 1 heterocycles. The van der Waals surface area contributed by atoms with Crippen LogP contribution in [0.2, 0.25) is 10.0 Å². The highest BCUT2D eigenvalue weighted by molar-refractivity contribution is 7.18. The molecule has 0 saturated heterocycles. The summed E-state index contributed by atoms with van der Waals surface area (Å²) in [6.45, 7) is 0.873. The fourth-order valence-electron chi connectivity index (χ4n) is 2.82. The SMILES string of the molecule is COC(=O)CCN(Cc1ccccc1)c1nc(-c2ccc(Cl)c(Cl)c2)c(C(N)=O)s1. The van der Waals surface area contributed by atoms with Gasteiger partial charge in [0.1, 0.15) is 4.88 Å². The number of ether oxygens (including phenoxy) is 1. The third-order valence-corrected chi connectivity index (χ3v) is 6.20. The van der Waals surface area contributed by atoms with Gasteiger partial charge in [-0.3, -0.25) is 9.59 Å². The summed E-state index contributed by atoms with van der Waals surface area (Å²) in [6, 6.07) is 14.8. The summed E-state index contributed by atoms with van der Waals surface area (Å²) in [5.41, 5.74) is 7.71. The van der Waals surface area contributed by atoms with E-state index in [1.807, 2.05) is 35.2 Å². The first kappa shape index (κ1) is 22.1. The van der Waals surface area contributed by atoms with Crippen LogP contribution < -0.4 is 10.6 Å². The predicted molar refractivity (Wildman–Crippen MR) is 120 cm³/mol. The summed E-state index contributed by atoms with van der Waals surface area (Å²) < 4.78 is 4.76.